The van der Waals surface area contributed by atoms with E-state index in [4.69, 9.17) is 5.41 Å². The zero-order valence-electron chi connectivity index (χ0n) is 12.0. The van der Waals surface area contributed by atoms with E-state index in [1.165, 1.54) is 23.0 Å². The number of hydrogen-bond donors (Lipinski definition) is 1. The quantitative estimate of drug-likeness (QED) is 0.613. The topological polar surface area (TPSA) is 80.2 Å². The van der Waals surface area contributed by atoms with Crippen LogP contribution in [-0.4, -0.2) is 20.3 Å². The summed E-state index contributed by atoms with van der Waals surface area (Å²) in [5, 5.41) is 7.27. The molecule has 1 N–H and O–H groups in total. The first-order valence-corrected chi connectivity index (χ1v) is 6.28. The Morgan fingerprint density at radius 1 is 1.16 bits per heavy atom. The Morgan fingerprint density at radius 3 is 2.21 bits per heavy atom. The molecule has 0 radical (unpaired) electrons. The SMILES string of the molecule is C/C=c1/c(=O)n2cncc2c(=O)n1C=N.CC.CC. The van der Waals surface area contributed by atoms with Crippen LogP contribution < -0.4 is 16.5 Å². The van der Waals surface area contributed by atoms with Gasteiger partial charge >= 0.3 is 0 Å². The van der Waals surface area contributed by atoms with Gasteiger partial charge in [0.05, 0.1) is 12.5 Å². The number of nitrogens with zero attached hydrogens (tertiary/aromatic N) is 3. The van der Waals surface area contributed by atoms with Gasteiger partial charge in [0.2, 0.25) is 0 Å². The molecule has 2 rings (SSSR count). The number of hydrogen-bond acceptors (Lipinski definition) is 4. The molecule has 0 fully saturated rings. The minimum absolute atomic E-state index is 0.167. The van der Waals surface area contributed by atoms with E-state index in [0.717, 1.165) is 10.9 Å². The molecule has 0 aliphatic carbocycles. The molecule has 6 heteroatoms. The van der Waals surface area contributed by atoms with Gasteiger partial charge in [0, 0.05) is 0 Å². The van der Waals surface area contributed by atoms with E-state index in [1.807, 2.05) is 27.7 Å². The molecule has 104 valence electrons. The van der Waals surface area contributed by atoms with E-state index < -0.39 is 5.56 Å². The molecule has 2 aromatic heterocycles. The Kier molecular flexibility index (Phi) is 7.03. The molecule has 0 aliphatic rings. The van der Waals surface area contributed by atoms with Gasteiger partial charge in [-0.05, 0) is 6.92 Å². The molecule has 0 unspecified atom stereocenters. The summed E-state index contributed by atoms with van der Waals surface area (Å²) in [5.41, 5.74) is -0.600. The second-order valence-electron chi connectivity index (χ2n) is 2.93. The third-order valence-electron chi connectivity index (χ3n) is 2.18. The molecule has 19 heavy (non-hydrogen) atoms. The molecule has 0 bridgehead atoms. The Balaban J connectivity index is 0.000000741. The number of rotatable bonds is 1. The van der Waals surface area contributed by atoms with Crippen molar-refractivity contribution in [1.82, 2.24) is 14.0 Å². The molecule has 0 atom stereocenters. The summed E-state index contributed by atoms with van der Waals surface area (Å²) >= 11 is 0. The smallest absolute Gasteiger partial charge is 0.282 e. The fraction of sp³-hybridized carbons (Fsp3) is 0.385. The molecule has 2 aromatic rings. The third kappa shape index (κ3) is 2.96. The van der Waals surface area contributed by atoms with Crippen molar-refractivity contribution in [2.24, 2.45) is 0 Å². The molecule has 6 nitrogen and oxygen atoms in total. The van der Waals surface area contributed by atoms with Crippen LogP contribution in [0.25, 0.3) is 11.6 Å². The third-order valence-corrected chi connectivity index (χ3v) is 2.18. The zero-order chi connectivity index (χ0) is 15.0. The average Bonchev–Trinajstić information content (AvgIpc) is 2.96. The molecular formula is C13H20N4O2. The van der Waals surface area contributed by atoms with Gasteiger partial charge in [0.25, 0.3) is 11.1 Å². The summed E-state index contributed by atoms with van der Waals surface area (Å²) < 4.78 is 2.18. The maximum Gasteiger partial charge on any atom is 0.282 e. The maximum atomic E-state index is 11.8. The van der Waals surface area contributed by atoms with Crippen molar-refractivity contribution < 1.29 is 0 Å². The Bertz CT molecular complexity index is 698. The van der Waals surface area contributed by atoms with Gasteiger partial charge in [0.15, 0.2) is 0 Å². The molecule has 0 aliphatic heterocycles. The van der Waals surface area contributed by atoms with Gasteiger partial charge in [0.1, 0.15) is 17.2 Å². The summed E-state index contributed by atoms with van der Waals surface area (Å²) in [5.74, 6) is 0. The Hall–Kier alpha value is -2.24. The largest absolute Gasteiger partial charge is 0.291 e. The highest BCUT2D eigenvalue weighted by atomic mass is 16.1. The lowest BCUT2D eigenvalue weighted by molar-refractivity contribution is 0.930. The highest BCUT2D eigenvalue weighted by molar-refractivity contribution is 5.58. The maximum absolute atomic E-state index is 11.8. The van der Waals surface area contributed by atoms with Crippen molar-refractivity contribution in [3.8, 4) is 0 Å². The normalized spacial score (nSPS) is 10.3. The van der Waals surface area contributed by atoms with Gasteiger partial charge < -0.3 is 0 Å². The lowest BCUT2D eigenvalue weighted by Gasteiger charge is -1.99. The standard InChI is InChI=1S/C9H8N4O2.2C2H6/c1-2-6-8(14)13-5-11-3-7(13)9(15)12(6)4-10;2*1-2/h2-5,10H,1H3;2*1-2H3/b6-2-,10-4?;;. The van der Waals surface area contributed by atoms with Crippen LogP contribution in [-0.2, 0) is 0 Å². The summed E-state index contributed by atoms with van der Waals surface area (Å²) in [4.78, 5) is 27.3. The van der Waals surface area contributed by atoms with Gasteiger partial charge in [-0.1, -0.05) is 33.8 Å². The molecule has 0 aromatic carbocycles. The predicted octanol–water partition coefficient (Wildman–Crippen LogP) is 0.883. The molecule has 0 spiro atoms. The van der Waals surface area contributed by atoms with Crippen LogP contribution in [0, 0.1) is 5.41 Å². The van der Waals surface area contributed by atoms with Crippen LogP contribution in [0.4, 0.5) is 0 Å². The van der Waals surface area contributed by atoms with E-state index in [2.05, 4.69) is 4.98 Å². The average molecular weight is 264 g/mol. The van der Waals surface area contributed by atoms with E-state index in [-0.39, 0.29) is 16.4 Å². The summed E-state index contributed by atoms with van der Waals surface area (Å²) in [6.07, 6.45) is 4.92. The summed E-state index contributed by atoms with van der Waals surface area (Å²) in [6, 6.07) is 0. The van der Waals surface area contributed by atoms with E-state index >= 15 is 0 Å². The second-order valence-corrected chi connectivity index (χ2v) is 2.93. The van der Waals surface area contributed by atoms with Crippen LogP contribution in [0.5, 0.6) is 0 Å². The highest BCUT2D eigenvalue weighted by Crippen LogP contribution is 1.86. The minimum Gasteiger partial charge on any atom is -0.291 e. The Morgan fingerprint density at radius 2 is 1.74 bits per heavy atom. The molecular weight excluding hydrogens is 244 g/mol. The number of aromatic nitrogens is 3. The zero-order valence-corrected chi connectivity index (χ0v) is 12.0. The number of nitrogens with one attached hydrogen (secondary N) is 1. The van der Waals surface area contributed by atoms with Gasteiger partial charge in [-0.25, -0.2) is 4.98 Å². The fourth-order valence-electron chi connectivity index (χ4n) is 1.47. The van der Waals surface area contributed by atoms with Crippen molar-refractivity contribution in [2.45, 2.75) is 34.6 Å². The van der Waals surface area contributed by atoms with Crippen LogP contribution >= 0.6 is 0 Å². The van der Waals surface area contributed by atoms with Crippen molar-refractivity contribution in [2.75, 3.05) is 0 Å². The number of fused-ring (bicyclic) bond motifs is 1. The van der Waals surface area contributed by atoms with Crippen LogP contribution in [0.3, 0.4) is 0 Å². The van der Waals surface area contributed by atoms with Gasteiger partial charge in [-0.2, -0.15) is 0 Å². The molecule has 0 saturated carbocycles. The lowest BCUT2D eigenvalue weighted by Crippen LogP contribution is -2.46. The van der Waals surface area contributed by atoms with E-state index in [1.54, 1.807) is 6.92 Å². The lowest BCUT2D eigenvalue weighted by atomic mass is 10.4. The van der Waals surface area contributed by atoms with Gasteiger partial charge in [-0.3, -0.25) is 24.0 Å². The van der Waals surface area contributed by atoms with Crippen molar-refractivity contribution in [3.63, 3.8) is 0 Å². The Labute approximate surface area is 111 Å². The summed E-state index contributed by atoms with van der Waals surface area (Å²) in [6.45, 7) is 9.64. The van der Waals surface area contributed by atoms with Crippen molar-refractivity contribution in [3.05, 3.63) is 38.6 Å². The first kappa shape index (κ1) is 16.8. The molecule has 0 saturated heterocycles. The van der Waals surface area contributed by atoms with Crippen LogP contribution in [0.1, 0.15) is 34.6 Å². The van der Waals surface area contributed by atoms with Crippen molar-refractivity contribution >= 4 is 17.9 Å². The minimum atomic E-state index is -0.421. The van der Waals surface area contributed by atoms with Crippen LogP contribution in [0.2, 0.25) is 0 Å². The van der Waals surface area contributed by atoms with Crippen LogP contribution in [0.15, 0.2) is 22.1 Å². The first-order chi connectivity index (χ1) is 9.20. The highest BCUT2D eigenvalue weighted by Gasteiger charge is 2.07. The van der Waals surface area contributed by atoms with E-state index in [9.17, 15) is 9.59 Å². The monoisotopic (exact) mass is 264 g/mol. The van der Waals surface area contributed by atoms with E-state index in [0.29, 0.717) is 0 Å². The number of imidazole rings is 1. The second kappa shape index (κ2) is 7.97. The van der Waals surface area contributed by atoms with Gasteiger partial charge in [-0.15, -0.1) is 0 Å². The first-order valence-electron chi connectivity index (χ1n) is 6.28. The fourth-order valence-corrected chi connectivity index (χ4v) is 1.47. The predicted molar refractivity (Wildman–Crippen MR) is 78.0 cm³/mol. The summed E-state index contributed by atoms with van der Waals surface area (Å²) in [7, 11) is 0. The van der Waals surface area contributed by atoms with Crippen molar-refractivity contribution in [1.29, 1.82) is 5.41 Å². The molecule has 0 amide bonds. The molecule has 2 heterocycles.